The lowest BCUT2D eigenvalue weighted by Crippen LogP contribution is -2.39. The molecule has 1 aromatic rings. The molecular weight excluding hydrogens is 286 g/mol. The number of nitrogens with zero attached hydrogens (tertiary/aromatic N) is 1. The van der Waals surface area contributed by atoms with Gasteiger partial charge in [-0.25, -0.2) is 0 Å². The van der Waals surface area contributed by atoms with Gasteiger partial charge in [0.25, 0.3) is 0 Å². The van der Waals surface area contributed by atoms with E-state index >= 15 is 0 Å². The molecule has 4 nitrogen and oxygen atoms in total. The summed E-state index contributed by atoms with van der Waals surface area (Å²) in [6.45, 7) is -1.48. The minimum absolute atomic E-state index is 0.142. The van der Waals surface area contributed by atoms with E-state index in [-0.39, 0.29) is 18.1 Å². The van der Waals surface area contributed by atoms with Gasteiger partial charge in [0.1, 0.15) is 12.4 Å². The molecule has 0 saturated carbocycles. The Balaban J connectivity index is 1.98. The van der Waals surface area contributed by atoms with E-state index in [0.717, 1.165) is 19.2 Å². The average Bonchev–Trinajstić information content (AvgIpc) is 2.47. The summed E-state index contributed by atoms with van der Waals surface area (Å²) >= 11 is 0. The Hall–Kier alpha value is -1.41. The van der Waals surface area contributed by atoms with Crippen LogP contribution in [0.15, 0.2) is 18.2 Å². The van der Waals surface area contributed by atoms with Gasteiger partial charge in [-0.15, -0.1) is 0 Å². The highest BCUT2D eigenvalue weighted by atomic mass is 19.4. The Bertz CT molecular complexity index is 464. The standard InChI is InChI=1S/C13H18BF3NO3/c1-19-11-2-3-13(12(10-11)14(15,16)17)21-9-6-18-4-7-20-8-5-18/h2-3,10H,4-9H2,1H3/q-1. The topological polar surface area (TPSA) is 30.9 Å². The third-order valence-electron chi connectivity index (χ3n) is 3.34. The maximum Gasteiger partial charge on any atom is 0.513 e. The number of morpholine rings is 1. The number of benzene rings is 1. The van der Waals surface area contributed by atoms with Gasteiger partial charge < -0.3 is 27.2 Å². The Morgan fingerprint density at radius 3 is 2.57 bits per heavy atom. The maximum atomic E-state index is 13.0. The smallest absolute Gasteiger partial charge is 0.497 e. The molecule has 21 heavy (non-hydrogen) atoms. The molecule has 1 aromatic carbocycles. The van der Waals surface area contributed by atoms with Crippen molar-refractivity contribution in [2.24, 2.45) is 0 Å². The first-order valence-electron chi connectivity index (χ1n) is 6.81. The minimum Gasteiger partial charge on any atom is -0.497 e. The molecule has 0 spiro atoms. The first-order valence-corrected chi connectivity index (χ1v) is 6.81. The highest BCUT2D eigenvalue weighted by Crippen LogP contribution is 2.22. The van der Waals surface area contributed by atoms with Crippen LogP contribution in [0.3, 0.4) is 0 Å². The molecular formula is C13H18BF3NO3-. The second-order valence-electron chi connectivity index (χ2n) is 4.78. The fourth-order valence-electron chi connectivity index (χ4n) is 2.15. The van der Waals surface area contributed by atoms with Crippen molar-refractivity contribution in [2.45, 2.75) is 0 Å². The number of methoxy groups -OCH3 is 1. The summed E-state index contributed by atoms with van der Waals surface area (Å²) in [7, 11) is 1.33. The molecule has 1 heterocycles. The lowest BCUT2D eigenvalue weighted by atomic mass is 9.79. The number of ether oxygens (including phenoxy) is 3. The van der Waals surface area contributed by atoms with Crippen molar-refractivity contribution >= 4 is 12.4 Å². The third kappa shape index (κ3) is 4.54. The van der Waals surface area contributed by atoms with Crippen LogP contribution in [0.4, 0.5) is 12.9 Å². The molecule has 0 aliphatic carbocycles. The summed E-state index contributed by atoms with van der Waals surface area (Å²) in [6.07, 6.45) is 0. The number of rotatable bonds is 6. The summed E-state index contributed by atoms with van der Waals surface area (Å²) in [5.41, 5.74) is -0.753. The molecule has 118 valence electrons. The second-order valence-corrected chi connectivity index (χ2v) is 4.78. The molecule has 0 radical (unpaired) electrons. The summed E-state index contributed by atoms with van der Waals surface area (Å²) in [5.74, 6) is 0.0290. The number of halogens is 3. The molecule has 0 aromatic heterocycles. The van der Waals surface area contributed by atoms with E-state index in [9.17, 15) is 12.9 Å². The van der Waals surface area contributed by atoms with Crippen LogP contribution in [-0.4, -0.2) is 58.4 Å². The maximum absolute atomic E-state index is 13.0. The van der Waals surface area contributed by atoms with Crippen molar-refractivity contribution in [3.63, 3.8) is 0 Å². The van der Waals surface area contributed by atoms with Crippen molar-refractivity contribution < 1.29 is 27.2 Å². The van der Waals surface area contributed by atoms with Gasteiger partial charge in [-0.3, -0.25) is 4.90 Å². The zero-order chi connectivity index (χ0) is 15.3. The molecule has 0 bridgehead atoms. The molecule has 1 aliphatic heterocycles. The summed E-state index contributed by atoms with van der Waals surface area (Å²) in [4.78, 5) is 2.10. The van der Waals surface area contributed by atoms with E-state index < -0.39 is 12.4 Å². The SMILES string of the molecule is COc1ccc(OCCN2CCOCC2)c([B-](F)(F)F)c1. The summed E-state index contributed by atoms with van der Waals surface area (Å²) in [6, 6.07) is 3.75. The molecule has 0 unspecified atom stereocenters. The Morgan fingerprint density at radius 1 is 1.24 bits per heavy atom. The summed E-state index contributed by atoms with van der Waals surface area (Å²) < 4.78 is 54.5. The van der Waals surface area contributed by atoms with Gasteiger partial charge >= 0.3 is 6.98 Å². The van der Waals surface area contributed by atoms with Crippen LogP contribution in [0.5, 0.6) is 11.5 Å². The van der Waals surface area contributed by atoms with Crippen LogP contribution in [0.1, 0.15) is 0 Å². The van der Waals surface area contributed by atoms with Gasteiger partial charge in [-0.1, -0.05) is 5.46 Å². The third-order valence-corrected chi connectivity index (χ3v) is 3.34. The minimum atomic E-state index is -5.14. The van der Waals surface area contributed by atoms with Crippen molar-refractivity contribution in [3.05, 3.63) is 18.2 Å². The zero-order valence-corrected chi connectivity index (χ0v) is 11.9. The normalized spacial score (nSPS) is 16.8. The highest BCUT2D eigenvalue weighted by Gasteiger charge is 2.30. The molecule has 8 heteroatoms. The predicted molar refractivity (Wildman–Crippen MR) is 74.5 cm³/mol. The van der Waals surface area contributed by atoms with Crippen LogP contribution in [0.2, 0.25) is 0 Å². The number of hydrogen-bond acceptors (Lipinski definition) is 4. The molecule has 0 amide bonds. The molecule has 0 N–H and O–H groups in total. The van der Waals surface area contributed by atoms with Gasteiger partial charge in [0.15, 0.2) is 0 Å². The van der Waals surface area contributed by atoms with Crippen LogP contribution in [0, 0.1) is 0 Å². The van der Waals surface area contributed by atoms with Gasteiger partial charge in [-0.05, 0) is 18.2 Å². The molecule has 1 aliphatic rings. The van der Waals surface area contributed by atoms with Gasteiger partial charge in [0.2, 0.25) is 0 Å². The predicted octanol–water partition coefficient (Wildman–Crippen LogP) is 1.46. The summed E-state index contributed by atoms with van der Waals surface area (Å²) in [5, 5.41) is 0. The zero-order valence-electron chi connectivity index (χ0n) is 11.9. The first-order chi connectivity index (χ1) is 10.0. The molecule has 0 atom stereocenters. The van der Waals surface area contributed by atoms with E-state index in [1.165, 1.54) is 19.2 Å². The van der Waals surface area contributed by atoms with Gasteiger partial charge in [0.05, 0.1) is 26.1 Å². The highest BCUT2D eigenvalue weighted by molar-refractivity contribution is 6.74. The Labute approximate surface area is 121 Å². The van der Waals surface area contributed by atoms with Crippen LogP contribution in [0.25, 0.3) is 0 Å². The van der Waals surface area contributed by atoms with Crippen molar-refractivity contribution in [3.8, 4) is 11.5 Å². The van der Waals surface area contributed by atoms with Crippen LogP contribution < -0.4 is 14.9 Å². The van der Waals surface area contributed by atoms with Gasteiger partial charge in [-0.2, -0.15) is 0 Å². The molecule has 2 rings (SSSR count). The largest absolute Gasteiger partial charge is 0.513 e. The quantitative estimate of drug-likeness (QED) is 0.745. The first kappa shape index (κ1) is 16.0. The monoisotopic (exact) mass is 304 g/mol. The van der Waals surface area contributed by atoms with E-state index in [2.05, 4.69) is 4.90 Å². The fourth-order valence-corrected chi connectivity index (χ4v) is 2.15. The average molecular weight is 304 g/mol. The second kappa shape index (κ2) is 7.04. The van der Waals surface area contributed by atoms with Crippen LogP contribution in [-0.2, 0) is 4.74 Å². The molecule has 1 saturated heterocycles. The van der Waals surface area contributed by atoms with E-state index in [0.29, 0.717) is 19.8 Å². The van der Waals surface area contributed by atoms with E-state index in [4.69, 9.17) is 14.2 Å². The van der Waals surface area contributed by atoms with Gasteiger partial charge in [0, 0.05) is 19.6 Å². The Morgan fingerprint density at radius 2 is 1.95 bits per heavy atom. The number of hydrogen-bond donors (Lipinski definition) is 0. The Kier molecular flexibility index (Phi) is 5.36. The fraction of sp³-hybridized carbons (Fsp3) is 0.538. The van der Waals surface area contributed by atoms with Crippen molar-refractivity contribution in [1.82, 2.24) is 4.90 Å². The van der Waals surface area contributed by atoms with E-state index in [1.807, 2.05) is 0 Å². The lowest BCUT2D eigenvalue weighted by molar-refractivity contribution is 0.0323. The lowest BCUT2D eigenvalue weighted by Gasteiger charge is -2.27. The molecule has 1 fully saturated rings. The van der Waals surface area contributed by atoms with Crippen molar-refractivity contribution in [1.29, 1.82) is 0 Å². The van der Waals surface area contributed by atoms with E-state index in [1.54, 1.807) is 0 Å². The van der Waals surface area contributed by atoms with Crippen molar-refractivity contribution in [2.75, 3.05) is 46.6 Å². The van der Waals surface area contributed by atoms with Crippen LogP contribution >= 0.6 is 0 Å².